The number of primary sulfonamides is 1. The van der Waals surface area contributed by atoms with Crippen molar-refractivity contribution < 1.29 is 13.2 Å². The maximum absolute atomic E-state index is 11.9. The zero-order valence-corrected chi connectivity index (χ0v) is 12.5. The van der Waals surface area contributed by atoms with Gasteiger partial charge in [0.15, 0.2) is 0 Å². The lowest BCUT2D eigenvalue weighted by Gasteiger charge is -2.15. The van der Waals surface area contributed by atoms with E-state index in [-0.39, 0.29) is 10.8 Å². The fraction of sp³-hybridized carbons (Fsp3) is 0.462. The highest BCUT2D eigenvalue weighted by atomic mass is 32.2. The molecule has 1 aliphatic rings. The van der Waals surface area contributed by atoms with Crippen LogP contribution < -0.4 is 16.2 Å². The summed E-state index contributed by atoms with van der Waals surface area (Å²) >= 11 is 0. The van der Waals surface area contributed by atoms with E-state index in [0.717, 1.165) is 25.9 Å². The Morgan fingerprint density at radius 1 is 1.24 bits per heavy atom. The summed E-state index contributed by atoms with van der Waals surface area (Å²) in [5, 5.41) is 8.09. The van der Waals surface area contributed by atoms with Crippen LogP contribution in [0.1, 0.15) is 19.3 Å². The predicted molar refractivity (Wildman–Crippen MR) is 81.1 cm³/mol. The van der Waals surface area contributed by atoms with E-state index in [1.165, 1.54) is 12.1 Å². The van der Waals surface area contributed by atoms with Gasteiger partial charge >= 0.3 is 0 Å². The Bertz CT molecular complexity index is 624. The van der Waals surface area contributed by atoms with Crippen LogP contribution in [-0.4, -0.2) is 38.9 Å². The number of nitrogens with one attached hydrogen (secondary N) is 1. The summed E-state index contributed by atoms with van der Waals surface area (Å²) in [6.45, 7) is 2.07. The lowest BCUT2D eigenvalue weighted by Crippen LogP contribution is -2.29. The van der Waals surface area contributed by atoms with Gasteiger partial charge < -0.3 is 16.0 Å². The van der Waals surface area contributed by atoms with Crippen molar-refractivity contribution in [3.8, 4) is 0 Å². The number of anilines is 2. The molecule has 1 amide bonds. The summed E-state index contributed by atoms with van der Waals surface area (Å²) in [6, 6.07) is 4.32. The molecular formula is C13H20N4O3S. The Morgan fingerprint density at radius 2 is 1.90 bits per heavy atom. The number of carbonyl (C=O) groups excluding carboxylic acids is 1. The molecule has 8 heteroatoms. The first-order chi connectivity index (χ1) is 9.86. The lowest BCUT2D eigenvalue weighted by atomic mass is 10.2. The summed E-state index contributed by atoms with van der Waals surface area (Å²) < 4.78 is 22.7. The van der Waals surface area contributed by atoms with Crippen molar-refractivity contribution in [1.82, 2.24) is 4.90 Å². The number of amides is 1. The van der Waals surface area contributed by atoms with E-state index in [1.54, 1.807) is 6.07 Å². The highest BCUT2D eigenvalue weighted by Crippen LogP contribution is 2.19. The molecule has 7 nitrogen and oxygen atoms in total. The molecule has 0 atom stereocenters. The summed E-state index contributed by atoms with van der Waals surface area (Å²) in [4.78, 5) is 13.7. The van der Waals surface area contributed by atoms with Gasteiger partial charge in [0.25, 0.3) is 0 Å². The molecule has 0 spiro atoms. The van der Waals surface area contributed by atoms with Crippen molar-refractivity contribution in [3.63, 3.8) is 0 Å². The van der Waals surface area contributed by atoms with Crippen LogP contribution in [0.25, 0.3) is 0 Å². The zero-order valence-electron chi connectivity index (χ0n) is 11.7. The van der Waals surface area contributed by atoms with Crippen LogP contribution in [0.2, 0.25) is 0 Å². The number of hydrogen-bond donors (Lipinski definition) is 3. The van der Waals surface area contributed by atoms with Crippen LogP contribution in [0.5, 0.6) is 0 Å². The van der Waals surface area contributed by atoms with Gasteiger partial charge in [-0.05, 0) is 31.0 Å². The Kier molecular flexibility index (Phi) is 4.69. The number of sulfonamides is 1. The molecule has 0 saturated carbocycles. The van der Waals surface area contributed by atoms with Crippen molar-refractivity contribution in [2.75, 3.05) is 30.7 Å². The summed E-state index contributed by atoms with van der Waals surface area (Å²) in [7, 11) is -3.80. The van der Waals surface area contributed by atoms with E-state index in [9.17, 15) is 13.2 Å². The number of benzene rings is 1. The van der Waals surface area contributed by atoms with Crippen LogP contribution in [0.3, 0.4) is 0 Å². The average Bonchev–Trinajstić information content (AvgIpc) is 2.90. The molecule has 21 heavy (non-hydrogen) atoms. The molecule has 0 radical (unpaired) electrons. The van der Waals surface area contributed by atoms with Gasteiger partial charge in [-0.25, -0.2) is 13.6 Å². The fourth-order valence-electron chi connectivity index (χ4n) is 2.33. The molecule has 0 aromatic heterocycles. The zero-order chi connectivity index (χ0) is 15.5. The van der Waals surface area contributed by atoms with Gasteiger partial charge in [-0.1, -0.05) is 0 Å². The van der Waals surface area contributed by atoms with Crippen LogP contribution in [0.4, 0.5) is 11.4 Å². The largest absolute Gasteiger partial charge is 0.399 e. The molecule has 116 valence electrons. The summed E-state index contributed by atoms with van der Waals surface area (Å²) in [5.41, 5.74) is 6.49. The first-order valence-electron chi connectivity index (χ1n) is 6.81. The molecule has 1 saturated heterocycles. The Labute approximate surface area is 124 Å². The quantitative estimate of drug-likeness (QED) is 0.677. The smallest absolute Gasteiger partial charge is 0.238 e. The molecule has 0 bridgehead atoms. The second-order valence-electron chi connectivity index (χ2n) is 5.10. The SMILES string of the molecule is Nc1cc(NCCC(=O)N2CCCC2)cc(S(N)(=O)=O)c1. The minimum atomic E-state index is -3.80. The molecule has 1 aromatic rings. The number of rotatable bonds is 5. The summed E-state index contributed by atoms with van der Waals surface area (Å²) in [5.74, 6) is 0.107. The Balaban J connectivity index is 1.94. The van der Waals surface area contributed by atoms with Crippen molar-refractivity contribution >= 4 is 27.3 Å². The Morgan fingerprint density at radius 3 is 2.52 bits per heavy atom. The van der Waals surface area contributed by atoms with E-state index >= 15 is 0 Å². The average molecular weight is 312 g/mol. The number of nitrogens with zero attached hydrogens (tertiary/aromatic N) is 1. The maximum Gasteiger partial charge on any atom is 0.238 e. The number of likely N-dealkylation sites (tertiary alicyclic amines) is 1. The third kappa shape index (κ3) is 4.33. The molecule has 1 aromatic carbocycles. The van der Waals surface area contributed by atoms with Gasteiger partial charge in [0.1, 0.15) is 0 Å². The molecular weight excluding hydrogens is 292 g/mol. The van der Waals surface area contributed by atoms with Crippen LogP contribution in [-0.2, 0) is 14.8 Å². The molecule has 1 heterocycles. The fourth-order valence-corrected chi connectivity index (χ4v) is 2.92. The molecule has 1 fully saturated rings. The standard InChI is InChI=1S/C13H20N4O3S/c14-10-7-11(9-12(8-10)21(15,19)20)16-4-3-13(18)17-5-1-2-6-17/h7-9,16H,1-6,14H2,(H2,15,19,20). The van der Waals surface area contributed by atoms with E-state index in [0.29, 0.717) is 24.3 Å². The first kappa shape index (κ1) is 15.6. The van der Waals surface area contributed by atoms with Crippen molar-refractivity contribution in [1.29, 1.82) is 0 Å². The van der Waals surface area contributed by atoms with E-state index in [4.69, 9.17) is 10.9 Å². The van der Waals surface area contributed by atoms with Gasteiger partial charge in [-0.3, -0.25) is 4.79 Å². The highest BCUT2D eigenvalue weighted by molar-refractivity contribution is 7.89. The van der Waals surface area contributed by atoms with Gasteiger partial charge in [-0.15, -0.1) is 0 Å². The highest BCUT2D eigenvalue weighted by Gasteiger charge is 2.17. The maximum atomic E-state index is 11.9. The number of nitrogen functional groups attached to an aromatic ring is 1. The second-order valence-corrected chi connectivity index (χ2v) is 6.66. The van der Waals surface area contributed by atoms with Crippen molar-refractivity contribution in [2.24, 2.45) is 5.14 Å². The second kappa shape index (κ2) is 6.31. The molecule has 0 aliphatic carbocycles. The summed E-state index contributed by atoms with van der Waals surface area (Å²) in [6.07, 6.45) is 2.48. The number of nitrogens with two attached hydrogens (primary N) is 2. The molecule has 5 N–H and O–H groups in total. The minimum absolute atomic E-state index is 0.0455. The first-order valence-corrected chi connectivity index (χ1v) is 8.36. The van der Waals surface area contributed by atoms with E-state index < -0.39 is 10.0 Å². The van der Waals surface area contributed by atoms with Crippen molar-refractivity contribution in [3.05, 3.63) is 18.2 Å². The monoisotopic (exact) mass is 312 g/mol. The normalized spacial score (nSPS) is 15.2. The van der Waals surface area contributed by atoms with E-state index in [2.05, 4.69) is 5.32 Å². The molecule has 0 unspecified atom stereocenters. The van der Waals surface area contributed by atoms with Gasteiger partial charge in [0.2, 0.25) is 15.9 Å². The topological polar surface area (TPSA) is 119 Å². The van der Waals surface area contributed by atoms with Crippen LogP contribution >= 0.6 is 0 Å². The Hall–Kier alpha value is -1.80. The van der Waals surface area contributed by atoms with Crippen molar-refractivity contribution in [2.45, 2.75) is 24.2 Å². The predicted octanol–water partition coefficient (Wildman–Crippen LogP) is 0.341. The minimum Gasteiger partial charge on any atom is -0.399 e. The van der Waals surface area contributed by atoms with Crippen LogP contribution in [0, 0.1) is 0 Å². The van der Waals surface area contributed by atoms with Crippen LogP contribution in [0.15, 0.2) is 23.1 Å². The van der Waals surface area contributed by atoms with Gasteiger partial charge in [-0.2, -0.15) is 0 Å². The third-order valence-electron chi connectivity index (χ3n) is 3.38. The third-order valence-corrected chi connectivity index (χ3v) is 4.28. The number of carbonyl (C=O) groups is 1. The molecule has 1 aliphatic heterocycles. The van der Waals surface area contributed by atoms with Gasteiger partial charge in [0.05, 0.1) is 4.90 Å². The number of hydrogen-bond acceptors (Lipinski definition) is 5. The lowest BCUT2D eigenvalue weighted by molar-refractivity contribution is -0.129. The van der Waals surface area contributed by atoms with E-state index in [1.807, 2.05) is 4.90 Å². The van der Waals surface area contributed by atoms with Gasteiger partial charge in [0, 0.05) is 37.4 Å². The molecule has 2 rings (SSSR count).